The molecule has 0 saturated carbocycles. The molecule has 0 radical (unpaired) electrons. The molecule has 21 heavy (non-hydrogen) atoms. The number of halogens is 1. The summed E-state index contributed by atoms with van der Waals surface area (Å²) in [7, 11) is 2.00. The van der Waals surface area contributed by atoms with Gasteiger partial charge < -0.3 is 10.6 Å². The van der Waals surface area contributed by atoms with E-state index < -0.39 is 0 Å². The van der Waals surface area contributed by atoms with Crippen LogP contribution in [-0.2, 0) is 4.79 Å². The molecule has 1 aromatic carbocycles. The molecule has 0 aromatic heterocycles. The third-order valence-corrected chi connectivity index (χ3v) is 4.26. The van der Waals surface area contributed by atoms with Crippen molar-refractivity contribution in [2.75, 3.05) is 38.5 Å². The van der Waals surface area contributed by atoms with Crippen LogP contribution in [0.1, 0.15) is 19.3 Å². The van der Waals surface area contributed by atoms with Crippen LogP contribution in [0.15, 0.2) is 24.3 Å². The minimum Gasteiger partial charge on any atom is -0.325 e. The topological polar surface area (TPSA) is 44.4 Å². The molecule has 0 bridgehead atoms. The highest BCUT2D eigenvalue weighted by atomic mass is 35.5. The van der Waals surface area contributed by atoms with Gasteiger partial charge in [-0.3, -0.25) is 9.69 Å². The number of carbonyl (C=O) groups is 1. The highest BCUT2D eigenvalue weighted by molar-refractivity contribution is 6.30. The van der Waals surface area contributed by atoms with Crippen molar-refractivity contribution in [2.24, 2.45) is 5.92 Å². The Morgan fingerprint density at radius 3 is 2.57 bits per heavy atom. The zero-order valence-corrected chi connectivity index (χ0v) is 13.3. The standard InChI is InChI=1S/C16H24ClN3O/c1-18-9-6-13-7-10-20(11-8-13)12-16(21)19-15-4-2-14(17)3-5-15/h2-5,13,18H,6-12H2,1H3,(H,19,21). The number of likely N-dealkylation sites (tertiary alicyclic amines) is 1. The molecule has 2 rings (SSSR count). The minimum absolute atomic E-state index is 0.0472. The maximum atomic E-state index is 12.0. The van der Waals surface area contributed by atoms with Crippen LogP contribution in [0.3, 0.4) is 0 Å². The quantitative estimate of drug-likeness (QED) is 0.849. The number of piperidine rings is 1. The van der Waals surface area contributed by atoms with Crippen LogP contribution < -0.4 is 10.6 Å². The minimum atomic E-state index is 0.0472. The van der Waals surface area contributed by atoms with Crippen LogP contribution in [0.2, 0.25) is 5.02 Å². The summed E-state index contributed by atoms with van der Waals surface area (Å²) in [6, 6.07) is 7.21. The lowest BCUT2D eigenvalue weighted by Gasteiger charge is -2.31. The number of benzene rings is 1. The average Bonchev–Trinajstić information content (AvgIpc) is 2.49. The van der Waals surface area contributed by atoms with Crippen molar-refractivity contribution in [3.8, 4) is 0 Å². The van der Waals surface area contributed by atoms with Gasteiger partial charge in [0.05, 0.1) is 6.54 Å². The fraction of sp³-hybridized carbons (Fsp3) is 0.562. The van der Waals surface area contributed by atoms with Crippen molar-refractivity contribution in [2.45, 2.75) is 19.3 Å². The first-order valence-electron chi connectivity index (χ1n) is 7.60. The van der Waals surface area contributed by atoms with E-state index in [1.807, 2.05) is 19.2 Å². The average molecular weight is 310 g/mol. The third-order valence-electron chi connectivity index (χ3n) is 4.00. The van der Waals surface area contributed by atoms with E-state index in [4.69, 9.17) is 11.6 Å². The van der Waals surface area contributed by atoms with Crippen molar-refractivity contribution in [3.63, 3.8) is 0 Å². The lowest BCUT2D eigenvalue weighted by atomic mass is 9.93. The van der Waals surface area contributed by atoms with Gasteiger partial charge in [-0.05, 0) is 76.1 Å². The van der Waals surface area contributed by atoms with Gasteiger partial charge in [-0.25, -0.2) is 0 Å². The van der Waals surface area contributed by atoms with Gasteiger partial charge in [-0.2, -0.15) is 0 Å². The predicted molar refractivity (Wildman–Crippen MR) is 87.8 cm³/mol. The highest BCUT2D eigenvalue weighted by Crippen LogP contribution is 2.20. The maximum Gasteiger partial charge on any atom is 0.238 e. The molecule has 1 fully saturated rings. The molecular weight excluding hydrogens is 286 g/mol. The lowest BCUT2D eigenvalue weighted by molar-refractivity contribution is -0.117. The van der Waals surface area contributed by atoms with Crippen LogP contribution in [0.5, 0.6) is 0 Å². The Labute approximate surface area is 131 Å². The second kappa shape index (κ2) is 8.37. The van der Waals surface area contributed by atoms with E-state index in [0.29, 0.717) is 11.6 Å². The van der Waals surface area contributed by atoms with Gasteiger partial charge in [0.15, 0.2) is 0 Å². The number of carbonyl (C=O) groups excluding carboxylic acids is 1. The summed E-state index contributed by atoms with van der Waals surface area (Å²) in [5, 5.41) is 6.79. The van der Waals surface area contributed by atoms with Gasteiger partial charge in [0.25, 0.3) is 0 Å². The predicted octanol–water partition coefficient (Wildman–Crippen LogP) is 2.60. The van der Waals surface area contributed by atoms with Crippen molar-refractivity contribution < 1.29 is 4.79 Å². The Balaban J connectivity index is 1.70. The first-order chi connectivity index (χ1) is 10.2. The van der Waals surface area contributed by atoms with Crippen LogP contribution >= 0.6 is 11.6 Å². The van der Waals surface area contributed by atoms with Crippen molar-refractivity contribution >= 4 is 23.2 Å². The molecule has 1 aliphatic heterocycles. The summed E-state index contributed by atoms with van der Waals surface area (Å²) in [6.45, 7) is 3.59. The third kappa shape index (κ3) is 5.65. The van der Waals surface area contributed by atoms with E-state index in [1.54, 1.807) is 12.1 Å². The molecule has 0 atom stereocenters. The molecule has 1 saturated heterocycles. The van der Waals surface area contributed by atoms with Gasteiger partial charge in [-0.1, -0.05) is 11.6 Å². The molecule has 1 heterocycles. The Hall–Kier alpha value is -1.10. The summed E-state index contributed by atoms with van der Waals surface area (Å²) >= 11 is 5.83. The van der Waals surface area contributed by atoms with Crippen LogP contribution in [0.4, 0.5) is 5.69 Å². The van der Waals surface area contributed by atoms with Gasteiger partial charge in [0.2, 0.25) is 5.91 Å². The molecule has 0 aliphatic carbocycles. The van der Waals surface area contributed by atoms with Gasteiger partial charge in [-0.15, -0.1) is 0 Å². The molecule has 116 valence electrons. The van der Waals surface area contributed by atoms with Gasteiger partial charge in [0, 0.05) is 10.7 Å². The number of anilines is 1. The van der Waals surface area contributed by atoms with Crippen molar-refractivity contribution in [1.82, 2.24) is 10.2 Å². The first-order valence-corrected chi connectivity index (χ1v) is 7.97. The number of hydrogen-bond donors (Lipinski definition) is 2. The van der Waals surface area contributed by atoms with Gasteiger partial charge >= 0.3 is 0 Å². The SMILES string of the molecule is CNCCC1CCN(CC(=O)Nc2ccc(Cl)cc2)CC1. The Morgan fingerprint density at radius 2 is 1.95 bits per heavy atom. The summed E-state index contributed by atoms with van der Waals surface area (Å²) in [5.41, 5.74) is 0.799. The highest BCUT2D eigenvalue weighted by Gasteiger charge is 2.20. The fourth-order valence-electron chi connectivity index (χ4n) is 2.72. The van der Waals surface area contributed by atoms with Crippen LogP contribution in [0.25, 0.3) is 0 Å². The van der Waals surface area contributed by atoms with Crippen LogP contribution in [-0.4, -0.2) is 44.0 Å². The summed E-state index contributed by atoms with van der Waals surface area (Å²) in [6.07, 6.45) is 3.62. The second-order valence-electron chi connectivity index (χ2n) is 5.67. The number of nitrogens with one attached hydrogen (secondary N) is 2. The summed E-state index contributed by atoms with van der Waals surface area (Å²) in [5.74, 6) is 0.846. The van der Waals surface area contributed by atoms with Crippen LogP contribution in [0, 0.1) is 5.92 Å². The molecule has 4 nitrogen and oxygen atoms in total. The molecule has 2 N–H and O–H groups in total. The first kappa shape index (κ1) is 16.3. The lowest BCUT2D eigenvalue weighted by Crippen LogP contribution is -2.39. The molecule has 0 unspecified atom stereocenters. The van der Waals surface area contributed by atoms with Gasteiger partial charge in [0.1, 0.15) is 0 Å². The monoisotopic (exact) mass is 309 g/mol. The summed E-state index contributed by atoms with van der Waals surface area (Å²) in [4.78, 5) is 14.3. The van der Waals surface area contributed by atoms with E-state index in [-0.39, 0.29) is 5.91 Å². The zero-order valence-electron chi connectivity index (χ0n) is 12.6. The van der Waals surface area contributed by atoms with E-state index in [0.717, 1.165) is 31.2 Å². The molecule has 0 spiro atoms. The summed E-state index contributed by atoms with van der Waals surface area (Å²) < 4.78 is 0. The zero-order chi connectivity index (χ0) is 15.1. The number of hydrogen-bond acceptors (Lipinski definition) is 3. The van der Waals surface area contributed by atoms with E-state index in [9.17, 15) is 4.79 Å². The fourth-order valence-corrected chi connectivity index (χ4v) is 2.84. The number of rotatable bonds is 6. The maximum absolute atomic E-state index is 12.0. The van der Waals surface area contributed by atoms with E-state index >= 15 is 0 Å². The molecule has 1 aromatic rings. The second-order valence-corrected chi connectivity index (χ2v) is 6.10. The molecule has 1 amide bonds. The largest absolute Gasteiger partial charge is 0.325 e. The molecule has 5 heteroatoms. The van der Waals surface area contributed by atoms with E-state index in [2.05, 4.69) is 15.5 Å². The van der Waals surface area contributed by atoms with Crippen molar-refractivity contribution in [1.29, 1.82) is 0 Å². The van der Waals surface area contributed by atoms with Crippen molar-refractivity contribution in [3.05, 3.63) is 29.3 Å². The Kier molecular flexibility index (Phi) is 6.49. The Morgan fingerprint density at radius 1 is 1.29 bits per heavy atom. The Bertz CT molecular complexity index is 441. The molecule has 1 aliphatic rings. The molecular formula is C16H24ClN3O. The smallest absolute Gasteiger partial charge is 0.238 e. The number of nitrogens with zero attached hydrogens (tertiary/aromatic N) is 1. The number of amides is 1. The van der Waals surface area contributed by atoms with E-state index in [1.165, 1.54) is 19.3 Å². The normalized spacial score (nSPS) is 16.9.